The highest BCUT2D eigenvalue weighted by Gasteiger charge is 2.20. The van der Waals surface area contributed by atoms with E-state index in [4.69, 9.17) is 17.3 Å². The molecule has 0 spiro atoms. The first-order valence-electron chi connectivity index (χ1n) is 5.79. The maximum Gasteiger partial charge on any atom is 0.0956 e. The van der Waals surface area contributed by atoms with Crippen LogP contribution in [0.5, 0.6) is 0 Å². The van der Waals surface area contributed by atoms with Crippen LogP contribution >= 0.6 is 11.6 Å². The Morgan fingerprint density at radius 1 is 1.29 bits per heavy atom. The number of nitrogens with zero attached hydrogens (tertiary/aromatic N) is 2. The third kappa shape index (κ3) is 1.96. The normalized spacial score (nSPS) is 19.1. The first-order chi connectivity index (χ1) is 8.24. The molecule has 1 atom stereocenters. The summed E-state index contributed by atoms with van der Waals surface area (Å²) in [7, 11) is 0. The molecule has 0 radical (unpaired) electrons. The van der Waals surface area contributed by atoms with Gasteiger partial charge in [-0.1, -0.05) is 23.7 Å². The van der Waals surface area contributed by atoms with Gasteiger partial charge in [-0.15, -0.1) is 0 Å². The number of hydrogen-bond donors (Lipinski definition) is 1. The fraction of sp³-hybridized carbons (Fsp3) is 0.308. The second-order valence-corrected chi connectivity index (χ2v) is 4.93. The maximum atomic E-state index is 6.02. The summed E-state index contributed by atoms with van der Waals surface area (Å²) in [5.74, 6) is 0. The van der Waals surface area contributed by atoms with Gasteiger partial charge in [-0.2, -0.15) is 0 Å². The summed E-state index contributed by atoms with van der Waals surface area (Å²) >= 11 is 5.89. The number of imidazole rings is 1. The molecule has 3 rings (SSSR count). The molecule has 17 heavy (non-hydrogen) atoms. The van der Waals surface area contributed by atoms with Crippen LogP contribution in [-0.4, -0.2) is 15.6 Å². The van der Waals surface area contributed by atoms with Gasteiger partial charge in [-0.3, -0.25) is 0 Å². The summed E-state index contributed by atoms with van der Waals surface area (Å²) in [4.78, 5) is 4.50. The number of nitrogens with two attached hydrogens (primary N) is 1. The molecular weight excluding hydrogens is 234 g/mol. The van der Waals surface area contributed by atoms with E-state index in [1.807, 2.05) is 30.6 Å². The third-order valence-corrected chi connectivity index (χ3v) is 3.51. The van der Waals surface area contributed by atoms with Gasteiger partial charge < -0.3 is 10.3 Å². The summed E-state index contributed by atoms with van der Waals surface area (Å²) < 4.78 is 2.20. The van der Waals surface area contributed by atoms with Crippen molar-refractivity contribution in [2.24, 2.45) is 5.73 Å². The van der Waals surface area contributed by atoms with Crippen LogP contribution in [0, 0.1) is 0 Å². The lowest BCUT2D eigenvalue weighted by Crippen LogP contribution is -2.30. The lowest BCUT2D eigenvalue weighted by Gasteiger charge is -2.21. The van der Waals surface area contributed by atoms with E-state index in [0.717, 1.165) is 35.7 Å². The Labute approximate surface area is 105 Å². The second-order valence-electron chi connectivity index (χ2n) is 4.49. The largest absolute Gasteiger partial charge is 0.334 e. The van der Waals surface area contributed by atoms with Crippen LogP contribution in [0.1, 0.15) is 12.1 Å². The summed E-state index contributed by atoms with van der Waals surface area (Å²) in [6.07, 6.45) is 3.84. The minimum absolute atomic E-state index is 0.255. The van der Waals surface area contributed by atoms with E-state index in [9.17, 15) is 0 Å². The van der Waals surface area contributed by atoms with Gasteiger partial charge in [-0.05, 0) is 18.6 Å². The molecule has 4 heteroatoms. The molecule has 0 amide bonds. The lowest BCUT2D eigenvalue weighted by molar-refractivity contribution is 0.472. The van der Waals surface area contributed by atoms with Crippen molar-refractivity contribution in [3.8, 4) is 11.3 Å². The summed E-state index contributed by atoms with van der Waals surface area (Å²) in [5, 5.41) is 0.749. The highest BCUT2D eigenvalue weighted by molar-refractivity contribution is 6.30. The zero-order valence-corrected chi connectivity index (χ0v) is 10.2. The van der Waals surface area contributed by atoms with E-state index in [-0.39, 0.29) is 6.04 Å². The van der Waals surface area contributed by atoms with Crippen molar-refractivity contribution in [1.82, 2.24) is 9.55 Å². The summed E-state index contributed by atoms with van der Waals surface area (Å²) in [5.41, 5.74) is 9.41. The molecule has 0 saturated heterocycles. The number of benzene rings is 1. The van der Waals surface area contributed by atoms with Gasteiger partial charge in [-0.25, -0.2) is 4.98 Å². The van der Waals surface area contributed by atoms with Crippen LogP contribution in [0.15, 0.2) is 30.6 Å². The molecule has 0 bridgehead atoms. The SMILES string of the molecule is NC1CCn2cnc(-c3ccc(Cl)cc3)c2C1. The highest BCUT2D eigenvalue weighted by Crippen LogP contribution is 2.27. The van der Waals surface area contributed by atoms with Crippen molar-refractivity contribution in [3.63, 3.8) is 0 Å². The second kappa shape index (κ2) is 4.17. The number of aryl methyl sites for hydroxylation is 1. The molecule has 0 saturated carbocycles. The van der Waals surface area contributed by atoms with Crippen molar-refractivity contribution < 1.29 is 0 Å². The van der Waals surface area contributed by atoms with Crippen LogP contribution in [0.2, 0.25) is 5.02 Å². The van der Waals surface area contributed by atoms with Crippen molar-refractivity contribution >= 4 is 11.6 Å². The molecule has 3 nitrogen and oxygen atoms in total. The molecule has 1 unspecified atom stereocenters. The molecular formula is C13H14ClN3. The number of aromatic nitrogens is 2. The predicted molar refractivity (Wildman–Crippen MR) is 69.0 cm³/mol. The molecule has 0 fully saturated rings. The molecule has 1 aliphatic rings. The van der Waals surface area contributed by atoms with Gasteiger partial charge in [0.1, 0.15) is 0 Å². The van der Waals surface area contributed by atoms with E-state index in [0.29, 0.717) is 0 Å². The first-order valence-corrected chi connectivity index (χ1v) is 6.17. The molecule has 2 N–H and O–H groups in total. The Kier molecular flexibility index (Phi) is 2.65. The topological polar surface area (TPSA) is 43.8 Å². The van der Waals surface area contributed by atoms with Gasteiger partial charge in [0.2, 0.25) is 0 Å². The number of rotatable bonds is 1. The zero-order chi connectivity index (χ0) is 11.8. The summed E-state index contributed by atoms with van der Waals surface area (Å²) in [6, 6.07) is 8.05. The fourth-order valence-corrected chi connectivity index (χ4v) is 2.44. The predicted octanol–water partition coefficient (Wildman–Crippen LogP) is 2.48. The minimum atomic E-state index is 0.255. The van der Waals surface area contributed by atoms with Gasteiger partial charge in [0.05, 0.1) is 12.0 Å². The first kappa shape index (κ1) is 10.8. The van der Waals surface area contributed by atoms with Gasteiger partial charge in [0.15, 0.2) is 0 Å². The van der Waals surface area contributed by atoms with E-state index in [1.54, 1.807) is 0 Å². The maximum absolute atomic E-state index is 6.02. The third-order valence-electron chi connectivity index (χ3n) is 3.26. The Morgan fingerprint density at radius 3 is 2.82 bits per heavy atom. The Bertz CT molecular complexity index is 530. The fourth-order valence-electron chi connectivity index (χ4n) is 2.32. The van der Waals surface area contributed by atoms with Crippen molar-refractivity contribution in [1.29, 1.82) is 0 Å². The van der Waals surface area contributed by atoms with Crippen LogP contribution in [0.25, 0.3) is 11.3 Å². The van der Waals surface area contributed by atoms with Gasteiger partial charge in [0.25, 0.3) is 0 Å². The number of hydrogen-bond acceptors (Lipinski definition) is 2. The number of halogens is 1. The minimum Gasteiger partial charge on any atom is -0.334 e. The average molecular weight is 248 g/mol. The van der Waals surface area contributed by atoms with E-state index >= 15 is 0 Å². The Hall–Kier alpha value is -1.32. The van der Waals surface area contributed by atoms with Crippen molar-refractivity contribution in [3.05, 3.63) is 41.3 Å². The monoisotopic (exact) mass is 247 g/mol. The lowest BCUT2D eigenvalue weighted by atomic mass is 10.0. The highest BCUT2D eigenvalue weighted by atomic mass is 35.5. The molecule has 2 aromatic rings. The molecule has 1 aliphatic heterocycles. The Morgan fingerprint density at radius 2 is 2.06 bits per heavy atom. The van der Waals surface area contributed by atoms with Crippen LogP contribution < -0.4 is 5.73 Å². The zero-order valence-electron chi connectivity index (χ0n) is 9.44. The van der Waals surface area contributed by atoms with Crippen molar-refractivity contribution in [2.45, 2.75) is 25.4 Å². The molecule has 0 aliphatic carbocycles. The van der Waals surface area contributed by atoms with E-state index in [1.165, 1.54) is 5.69 Å². The van der Waals surface area contributed by atoms with Crippen LogP contribution in [0.4, 0.5) is 0 Å². The van der Waals surface area contributed by atoms with Gasteiger partial charge in [0, 0.05) is 35.3 Å². The van der Waals surface area contributed by atoms with Crippen molar-refractivity contribution in [2.75, 3.05) is 0 Å². The molecule has 1 aromatic heterocycles. The quantitative estimate of drug-likeness (QED) is 0.841. The van der Waals surface area contributed by atoms with E-state index < -0.39 is 0 Å². The van der Waals surface area contributed by atoms with Crippen LogP contribution in [0.3, 0.4) is 0 Å². The van der Waals surface area contributed by atoms with E-state index in [2.05, 4.69) is 9.55 Å². The molecule has 1 aromatic carbocycles. The van der Waals surface area contributed by atoms with Gasteiger partial charge >= 0.3 is 0 Å². The smallest absolute Gasteiger partial charge is 0.0956 e. The number of fused-ring (bicyclic) bond motifs is 1. The Balaban J connectivity index is 2.04. The summed E-state index contributed by atoms with van der Waals surface area (Å²) in [6.45, 7) is 0.969. The standard InChI is InChI=1S/C13H14ClN3/c14-10-3-1-9(2-4-10)13-12-7-11(15)5-6-17(12)8-16-13/h1-4,8,11H,5-7,15H2. The van der Waals surface area contributed by atoms with Crippen LogP contribution in [-0.2, 0) is 13.0 Å². The molecule has 2 heterocycles. The molecule has 88 valence electrons. The average Bonchev–Trinajstić information content (AvgIpc) is 2.73.